The van der Waals surface area contributed by atoms with Crippen molar-refractivity contribution in [2.75, 3.05) is 14.1 Å². The molecule has 0 amide bonds. The molecule has 0 aliphatic carbocycles. The quantitative estimate of drug-likeness (QED) is 0.697. The Hall–Kier alpha value is -1.30. The molecule has 6 heteroatoms. The fourth-order valence-electron chi connectivity index (χ4n) is 0.970. The molecule has 1 aromatic heterocycles. The van der Waals surface area contributed by atoms with E-state index in [2.05, 4.69) is 4.98 Å². The number of alkyl halides is 2. The van der Waals surface area contributed by atoms with Crippen LogP contribution in [0, 0.1) is 0 Å². The minimum Gasteiger partial charge on any atom is -0.436 e. The van der Waals surface area contributed by atoms with Gasteiger partial charge in [-0.2, -0.15) is 0 Å². The summed E-state index contributed by atoms with van der Waals surface area (Å²) in [5.74, 6) is -0.274. The molecular formula is C8H10F2N2O2. The van der Waals surface area contributed by atoms with E-state index >= 15 is 0 Å². The minimum atomic E-state index is -2.78. The van der Waals surface area contributed by atoms with Gasteiger partial charge in [-0.1, -0.05) is 0 Å². The van der Waals surface area contributed by atoms with E-state index in [0.29, 0.717) is 0 Å². The highest BCUT2D eigenvalue weighted by Gasteiger charge is 2.20. The van der Waals surface area contributed by atoms with Crippen LogP contribution in [0.2, 0.25) is 0 Å². The van der Waals surface area contributed by atoms with Gasteiger partial charge in [0.25, 0.3) is 6.43 Å². The van der Waals surface area contributed by atoms with Gasteiger partial charge in [-0.3, -0.25) is 4.79 Å². The highest BCUT2D eigenvalue weighted by atomic mass is 19.3. The first-order valence-electron chi connectivity index (χ1n) is 3.92. The topological polar surface area (TPSA) is 46.3 Å². The van der Waals surface area contributed by atoms with Gasteiger partial charge in [0.05, 0.1) is 6.54 Å². The van der Waals surface area contributed by atoms with Crippen molar-refractivity contribution < 1.29 is 18.0 Å². The van der Waals surface area contributed by atoms with Crippen molar-refractivity contribution >= 4 is 6.29 Å². The summed E-state index contributed by atoms with van der Waals surface area (Å²) in [6.45, 7) is 0.285. The van der Waals surface area contributed by atoms with E-state index < -0.39 is 17.9 Å². The molecule has 0 saturated heterocycles. The van der Waals surface area contributed by atoms with Crippen LogP contribution in [-0.2, 0) is 6.54 Å². The van der Waals surface area contributed by atoms with Crippen LogP contribution >= 0.6 is 0 Å². The maximum Gasteiger partial charge on any atom is 0.284 e. The van der Waals surface area contributed by atoms with Crippen molar-refractivity contribution in [3.8, 4) is 0 Å². The average molecular weight is 204 g/mol. The number of nitrogens with zero attached hydrogens (tertiary/aromatic N) is 2. The number of halogens is 2. The molecule has 0 N–H and O–H groups in total. The van der Waals surface area contributed by atoms with Crippen LogP contribution in [0.1, 0.15) is 28.6 Å². The summed E-state index contributed by atoms with van der Waals surface area (Å²) in [6.07, 6.45) is -2.54. The fourth-order valence-corrected chi connectivity index (χ4v) is 0.970. The van der Waals surface area contributed by atoms with E-state index in [9.17, 15) is 13.6 Å². The zero-order chi connectivity index (χ0) is 10.7. The Morgan fingerprint density at radius 3 is 2.57 bits per heavy atom. The van der Waals surface area contributed by atoms with E-state index in [-0.39, 0.29) is 18.7 Å². The Labute approximate surface area is 79.5 Å². The van der Waals surface area contributed by atoms with E-state index in [0.717, 1.165) is 0 Å². The molecule has 4 nitrogen and oxygen atoms in total. The first kappa shape index (κ1) is 10.8. The van der Waals surface area contributed by atoms with Crippen LogP contribution in [-0.4, -0.2) is 30.3 Å². The largest absolute Gasteiger partial charge is 0.436 e. The molecule has 0 aromatic carbocycles. The van der Waals surface area contributed by atoms with Crippen LogP contribution in [0.3, 0.4) is 0 Å². The molecule has 0 spiro atoms. The average Bonchev–Trinajstić information content (AvgIpc) is 2.46. The lowest BCUT2D eigenvalue weighted by Gasteiger charge is -2.03. The summed E-state index contributed by atoms with van der Waals surface area (Å²) in [7, 11) is 3.49. The molecule has 14 heavy (non-hydrogen) atoms. The van der Waals surface area contributed by atoms with Gasteiger partial charge in [0.1, 0.15) is 0 Å². The zero-order valence-corrected chi connectivity index (χ0v) is 7.83. The van der Waals surface area contributed by atoms with Gasteiger partial charge < -0.3 is 9.32 Å². The van der Waals surface area contributed by atoms with E-state index in [1.807, 2.05) is 0 Å². The number of rotatable bonds is 4. The van der Waals surface area contributed by atoms with Gasteiger partial charge >= 0.3 is 0 Å². The third-order valence-electron chi connectivity index (χ3n) is 1.49. The number of carbonyl (C=O) groups is 1. The van der Waals surface area contributed by atoms with Gasteiger partial charge in [-0.15, -0.1) is 0 Å². The Morgan fingerprint density at radius 2 is 2.21 bits per heavy atom. The van der Waals surface area contributed by atoms with Crippen LogP contribution in [0.5, 0.6) is 0 Å². The summed E-state index contributed by atoms with van der Waals surface area (Å²) >= 11 is 0. The number of aromatic nitrogens is 1. The fraction of sp³-hybridized carbons (Fsp3) is 0.500. The van der Waals surface area contributed by atoms with Crippen molar-refractivity contribution in [3.05, 3.63) is 17.3 Å². The van der Waals surface area contributed by atoms with Gasteiger partial charge in [0.15, 0.2) is 17.7 Å². The van der Waals surface area contributed by atoms with Crippen LogP contribution in [0.25, 0.3) is 0 Å². The molecule has 0 aliphatic rings. The zero-order valence-electron chi connectivity index (χ0n) is 7.83. The monoisotopic (exact) mass is 204 g/mol. The van der Waals surface area contributed by atoms with Crippen LogP contribution in [0.4, 0.5) is 8.78 Å². The third-order valence-corrected chi connectivity index (χ3v) is 1.49. The predicted molar refractivity (Wildman–Crippen MR) is 44.2 cm³/mol. The third kappa shape index (κ3) is 2.35. The standard InChI is InChI=1S/C8H10F2N2O2/c1-12(2)3-6-11-7(8(9)10)5(4-13)14-6/h4,8H,3H2,1-2H3. The van der Waals surface area contributed by atoms with Gasteiger partial charge in [0.2, 0.25) is 5.89 Å². The van der Waals surface area contributed by atoms with Crippen LogP contribution in [0.15, 0.2) is 4.42 Å². The molecule has 0 bridgehead atoms. The molecule has 0 atom stereocenters. The normalized spacial score (nSPS) is 11.3. The van der Waals surface area contributed by atoms with Crippen molar-refractivity contribution in [1.29, 1.82) is 0 Å². The summed E-state index contributed by atoms with van der Waals surface area (Å²) in [5, 5.41) is 0. The Morgan fingerprint density at radius 1 is 1.57 bits per heavy atom. The smallest absolute Gasteiger partial charge is 0.284 e. The number of carbonyl (C=O) groups excluding carboxylic acids is 1. The lowest BCUT2D eigenvalue weighted by Crippen LogP contribution is -2.10. The van der Waals surface area contributed by atoms with Gasteiger partial charge in [-0.25, -0.2) is 13.8 Å². The number of hydrogen-bond donors (Lipinski definition) is 0. The molecule has 0 radical (unpaired) electrons. The van der Waals surface area contributed by atoms with Crippen molar-refractivity contribution in [2.45, 2.75) is 13.0 Å². The number of aldehydes is 1. The summed E-state index contributed by atoms with van der Waals surface area (Å²) in [5.41, 5.74) is -0.586. The molecule has 1 aromatic rings. The van der Waals surface area contributed by atoms with E-state index in [1.54, 1.807) is 19.0 Å². The second kappa shape index (κ2) is 4.28. The van der Waals surface area contributed by atoms with Gasteiger partial charge in [0, 0.05) is 0 Å². The second-order valence-corrected chi connectivity index (χ2v) is 3.01. The van der Waals surface area contributed by atoms with E-state index in [4.69, 9.17) is 4.42 Å². The Balaban J connectivity index is 2.94. The van der Waals surface area contributed by atoms with Gasteiger partial charge in [-0.05, 0) is 14.1 Å². The van der Waals surface area contributed by atoms with Crippen molar-refractivity contribution in [2.24, 2.45) is 0 Å². The van der Waals surface area contributed by atoms with Crippen molar-refractivity contribution in [1.82, 2.24) is 9.88 Å². The Kier molecular flexibility index (Phi) is 3.29. The number of oxazole rings is 1. The van der Waals surface area contributed by atoms with Crippen LogP contribution < -0.4 is 0 Å². The van der Waals surface area contributed by atoms with E-state index in [1.165, 1.54) is 0 Å². The minimum absolute atomic E-state index is 0.118. The Bertz CT molecular complexity index is 323. The molecule has 0 aliphatic heterocycles. The maximum atomic E-state index is 12.3. The summed E-state index contributed by atoms with van der Waals surface area (Å²) in [4.78, 5) is 15.6. The maximum absolute atomic E-state index is 12.3. The SMILES string of the molecule is CN(C)Cc1nc(C(F)F)c(C=O)o1. The molecule has 78 valence electrons. The molecule has 0 saturated carbocycles. The highest BCUT2D eigenvalue weighted by molar-refractivity contribution is 5.72. The molecule has 1 rings (SSSR count). The predicted octanol–water partition coefficient (Wildman–Crippen LogP) is 1.49. The lowest BCUT2D eigenvalue weighted by atomic mass is 10.4. The first-order valence-corrected chi connectivity index (χ1v) is 3.92. The lowest BCUT2D eigenvalue weighted by molar-refractivity contribution is 0.107. The highest BCUT2D eigenvalue weighted by Crippen LogP contribution is 2.22. The molecule has 1 heterocycles. The van der Waals surface area contributed by atoms with Crippen molar-refractivity contribution in [3.63, 3.8) is 0 Å². The molecule has 0 unspecified atom stereocenters. The molecular weight excluding hydrogens is 194 g/mol. The summed E-state index contributed by atoms with van der Waals surface area (Å²) < 4.78 is 29.4. The molecule has 0 fully saturated rings. The second-order valence-electron chi connectivity index (χ2n) is 3.01. The summed E-state index contributed by atoms with van der Waals surface area (Å²) in [6, 6.07) is 0. The number of hydrogen-bond acceptors (Lipinski definition) is 4. The first-order chi connectivity index (χ1) is 6.54.